The molecule has 12 heavy (non-hydrogen) atoms. The van der Waals surface area contributed by atoms with Crippen molar-refractivity contribution in [2.75, 3.05) is 0 Å². The number of hydrogen-bond donors (Lipinski definition) is 0. The van der Waals surface area contributed by atoms with Gasteiger partial charge in [0.05, 0.1) is 0 Å². The van der Waals surface area contributed by atoms with Gasteiger partial charge in [-0.15, -0.1) is 0 Å². The molecule has 1 nitrogen and oxygen atoms in total. The summed E-state index contributed by atoms with van der Waals surface area (Å²) in [7, 11) is 0. The Morgan fingerprint density at radius 1 is 1.33 bits per heavy atom. The van der Waals surface area contributed by atoms with Crippen LogP contribution in [-0.2, 0) is 0 Å². The standard InChI is InChI=1S/C11H13N/c1-2-6-10(7-3-1)11-8-4-5-9-12-11/h2,4-6,8-10H,1,3,7H2. The van der Waals surface area contributed by atoms with Gasteiger partial charge in [-0.1, -0.05) is 18.2 Å². The first-order valence-corrected chi connectivity index (χ1v) is 4.54. The third-order valence-electron chi connectivity index (χ3n) is 2.32. The van der Waals surface area contributed by atoms with E-state index in [0.29, 0.717) is 5.92 Å². The molecule has 1 aliphatic rings. The van der Waals surface area contributed by atoms with Gasteiger partial charge in [-0.3, -0.25) is 4.98 Å². The van der Waals surface area contributed by atoms with Gasteiger partial charge >= 0.3 is 0 Å². The zero-order valence-corrected chi connectivity index (χ0v) is 7.11. The summed E-state index contributed by atoms with van der Waals surface area (Å²) < 4.78 is 0. The van der Waals surface area contributed by atoms with E-state index < -0.39 is 0 Å². The van der Waals surface area contributed by atoms with Gasteiger partial charge in [-0.2, -0.15) is 0 Å². The molecule has 1 heteroatoms. The van der Waals surface area contributed by atoms with Crippen LogP contribution in [0, 0.1) is 0 Å². The molecule has 0 saturated heterocycles. The fourth-order valence-electron chi connectivity index (χ4n) is 1.65. The fraction of sp³-hybridized carbons (Fsp3) is 0.364. The molecule has 1 aromatic heterocycles. The number of pyridine rings is 1. The van der Waals surface area contributed by atoms with Crippen LogP contribution in [0.2, 0.25) is 0 Å². The molecule has 0 bridgehead atoms. The first kappa shape index (κ1) is 7.53. The molecule has 0 amide bonds. The van der Waals surface area contributed by atoms with Gasteiger partial charge in [-0.25, -0.2) is 0 Å². The summed E-state index contributed by atoms with van der Waals surface area (Å²) in [5, 5.41) is 0. The monoisotopic (exact) mass is 159 g/mol. The Morgan fingerprint density at radius 2 is 2.33 bits per heavy atom. The average molecular weight is 159 g/mol. The first-order chi connectivity index (χ1) is 5.97. The quantitative estimate of drug-likeness (QED) is 0.574. The van der Waals surface area contributed by atoms with E-state index in [9.17, 15) is 0 Å². The number of allylic oxidation sites excluding steroid dienone is 2. The molecule has 1 aromatic rings. The molecule has 2 rings (SSSR count). The van der Waals surface area contributed by atoms with Crippen molar-refractivity contribution in [3.63, 3.8) is 0 Å². The van der Waals surface area contributed by atoms with Crippen molar-refractivity contribution in [2.24, 2.45) is 0 Å². The topological polar surface area (TPSA) is 12.9 Å². The molecule has 0 spiro atoms. The lowest BCUT2D eigenvalue weighted by atomic mass is 9.93. The van der Waals surface area contributed by atoms with Crippen LogP contribution in [-0.4, -0.2) is 4.98 Å². The van der Waals surface area contributed by atoms with Gasteiger partial charge in [-0.05, 0) is 31.4 Å². The van der Waals surface area contributed by atoms with Crippen LogP contribution in [0.4, 0.5) is 0 Å². The second-order valence-electron chi connectivity index (χ2n) is 3.22. The lowest BCUT2D eigenvalue weighted by molar-refractivity contribution is 0.641. The Labute approximate surface area is 73.1 Å². The molecule has 0 radical (unpaired) electrons. The summed E-state index contributed by atoms with van der Waals surface area (Å²) in [6, 6.07) is 6.14. The van der Waals surface area contributed by atoms with Crippen molar-refractivity contribution in [1.29, 1.82) is 0 Å². The van der Waals surface area contributed by atoms with Crippen molar-refractivity contribution in [3.8, 4) is 0 Å². The van der Waals surface area contributed by atoms with E-state index in [2.05, 4.69) is 29.3 Å². The summed E-state index contributed by atoms with van der Waals surface area (Å²) in [6.45, 7) is 0. The smallest absolute Gasteiger partial charge is 0.0472 e. The highest BCUT2D eigenvalue weighted by Crippen LogP contribution is 2.25. The Kier molecular flexibility index (Phi) is 2.21. The van der Waals surface area contributed by atoms with E-state index in [1.807, 2.05) is 12.3 Å². The summed E-state index contributed by atoms with van der Waals surface area (Å²) >= 11 is 0. The van der Waals surface area contributed by atoms with E-state index in [1.165, 1.54) is 25.0 Å². The number of nitrogens with zero attached hydrogens (tertiary/aromatic N) is 1. The maximum absolute atomic E-state index is 4.35. The van der Waals surface area contributed by atoms with Crippen LogP contribution >= 0.6 is 0 Å². The highest BCUT2D eigenvalue weighted by molar-refractivity contribution is 5.16. The zero-order valence-electron chi connectivity index (χ0n) is 7.11. The van der Waals surface area contributed by atoms with Crippen LogP contribution in [0.15, 0.2) is 36.5 Å². The van der Waals surface area contributed by atoms with Crippen LogP contribution in [0.1, 0.15) is 30.9 Å². The predicted molar refractivity (Wildman–Crippen MR) is 50.0 cm³/mol. The van der Waals surface area contributed by atoms with Gasteiger partial charge in [0.2, 0.25) is 0 Å². The summed E-state index contributed by atoms with van der Waals surface area (Å²) in [6.07, 6.45) is 10.2. The van der Waals surface area contributed by atoms with Crippen LogP contribution < -0.4 is 0 Å². The van der Waals surface area contributed by atoms with Crippen molar-refractivity contribution < 1.29 is 0 Å². The average Bonchev–Trinajstić information content (AvgIpc) is 2.21. The minimum absolute atomic E-state index is 0.569. The van der Waals surface area contributed by atoms with E-state index in [1.54, 1.807) is 0 Å². The molecule has 62 valence electrons. The van der Waals surface area contributed by atoms with Gasteiger partial charge < -0.3 is 0 Å². The van der Waals surface area contributed by atoms with Gasteiger partial charge in [0.1, 0.15) is 0 Å². The Hall–Kier alpha value is -1.11. The fourth-order valence-corrected chi connectivity index (χ4v) is 1.65. The molecule has 1 atom stereocenters. The van der Waals surface area contributed by atoms with Crippen LogP contribution in [0.25, 0.3) is 0 Å². The minimum atomic E-state index is 0.569. The zero-order chi connectivity index (χ0) is 8.23. The maximum atomic E-state index is 4.35. The molecular formula is C11H13N. The SMILES string of the molecule is C1=CC(c2ccccn2)CCC1. The Morgan fingerprint density at radius 3 is 3.00 bits per heavy atom. The van der Waals surface area contributed by atoms with Crippen molar-refractivity contribution >= 4 is 0 Å². The van der Waals surface area contributed by atoms with Crippen LogP contribution in [0.3, 0.4) is 0 Å². The third-order valence-corrected chi connectivity index (χ3v) is 2.32. The number of aromatic nitrogens is 1. The third kappa shape index (κ3) is 1.55. The number of rotatable bonds is 1. The largest absolute Gasteiger partial charge is 0.261 e. The van der Waals surface area contributed by atoms with E-state index in [4.69, 9.17) is 0 Å². The number of hydrogen-bond acceptors (Lipinski definition) is 1. The molecule has 0 aromatic carbocycles. The summed E-state index contributed by atoms with van der Waals surface area (Å²) in [5.41, 5.74) is 1.22. The Balaban J connectivity index is 2.19. The second kappa shape index (κ2) is 3.53. The highest BCUT2D eigenvalue weighted by atomic mass is 14.7. The molecule has 1 aliphatic carbocycles. The van der Waals surface area contributed by atoms with Crippen LogP contribution in [0.5, 0.6) is 0 Å². The van der Waals surface area contributed by atoms with Crippen molar-refractivity contribution in [3.05, 3.63) is 42.2 Å². The molecule has 1 heterocycles. The van der Waals surface area contributed by atoms with E-state index in [-0.39, 0.29) is 0 Å². The molecule has 0 aliphatic heterocycles. The molecular weight excluding hydrogens is 146 g/mol. The van der Waals surface area contributed by atoms with Gasteiger partial charge in [0, 0.05) is 17.8 Å². The second-order valence-corrected chi connectivity index (χ2v) is 3.22. The van der Waals surface area contributed by atoms with E-state index in [0.717, 1.165) is 0 Å². The molecule has 1 unspecified atom stereocenters. The summed E-state index contributed by atoms with van der Waals surface area (Å²) in [4.78, 5) is 4.35. The predicted octanol–water partition coefficient (Wildman–Crippen LogP) is 2.91. The summed E-state index contributed by atoms with van der Waals surface area (Å²) in [5.74, 6) is 0.569. The lowest BCUT2D eigenvalue weighted by Crippen LogP contribution is -2.00. The minimum Gasteiger partial charge on any atom is -0.261 e. The van der Waals surface area contributed by atoms with Gasteiger partial charge in [0.15, 0.2) is 0 Å². The molecule has 0 N–H and O–H groups in total. The normalized spacial score (nSPS) is 22.5. The highest BCUT2D eigenvalue weighted by Gasteiger charge is 2.10. The van der Waals surface area contributed by atoms with E-state index >= 15 is 0 Å². The van der Waals surface area contributed by atoms with Crippen molar-refractivity contribution in [1.82, 2.24) is 4.98 Å². The molecule has 0 fully saturated rings. The Bertz CT molecular complexity index is 264. The lowest BCUT2D eigenvalue weighted by Gasteiger charge is -2.14. The molecule has 0 saturated carbocycles. The maximum Gasteiger partial charge on any atom is 0.0472 e. The first-order valence-electron chi connectivity index (χ1n) is 4.54. The van der Waals surface area contributed by atoms with Crippen molar-refractivity contribution in [2.45, 2.75) is 25.2 Å². The van der Waals surface area contributed by atoms with Gasteiger partial charge in [0.25, 0.3) is 0 Å².